The molecule has 1 aliphatic rings. The van der Waals surface area contributed by atoms with Crippen LogP contribution in [0.25, 0.3) is 10.8 Å². The van der Waals surface area contributed by atoms with Crippen molar-refractivity contribution in [3.8, 4) is 5.75 Å². The van der Waals surface area contributed by atoms with E-state index >= 15 is 0 Å². The Kier molecular flexibility index (Phi) is 2.74. The van der Waals surface area contributed by atoms with Crippen LogP contribution < -0.4 is 4.74 Å². The predicted octanol–water partition coefficient (Wildman–Crippen LogP) is 4.62. The van der Waals surface area contributed by atoms with E-state index in [4.69, 9.17) is 16.3 Å². The van der Waals surface area contributed by atoms with Crippen LogP contribution in [-0.4, -0.2) is 11.5 Å². The average molecular weight is 261 g/mol. The summed E-state index contributed by atoms with van der Waals surface area (Å²) < 4.78 is 6.16. The number of benzene rings is 2. The van der Waals surface area contributed by atoms with Gasteiger partial charge in [0.25, 0.3) is 0 Å². The highest BCUT2D eigenvalue weighted by Gasteiger charge is 2.49. The Labute approximate surface area is 113 Å². The third-order valence-corrected chi connectivity index (χ3v) is 4.82. The molecule has 2 unspecified atom stereocenters. The standard InChI is InChI=1S/C16H17ClO/c1-16(2)14(17)10-15(16)18-13-9-5-7-11-6-3-4-8-12(11)13/h3-9,14-15H,10H2,1-2H3. The molecule has 0 spiro atoms. The Balaban J connectivity index is 1.92. The second-order valence-corrected chi connectivity index (χ2v) is 6.14. The molecule has 2 heteroatoms. The van der Waals surface area contributed by atoms with Gasteiger partial charge in [0.05, 0.1) is 0 Å². The number of fused-ring (bicyclic) bond motifs is 1. The summed E-state index contributed by atoms with van der Waals surface area (Å²) in [4.78, 5) is 0. The maximum Gasteiger partial charge on any atom is 0.127 e. The molecule has 0 amide bonds. The first-order chi connectivity index (χ1) is 8.59. The van der Waals surface area contributed by atoms with Crippen LogP contribution in [-0.2, 0) is 0 Å². The third-order valence-electron chi connectivity index (χ3n) is 4.08. The summed E-state index contributed by atoms with van der Waals surface area (Å²) in [6.07, 6.45) is 1.14. The maximum atomic E-state index is 6.24. The summed E-state index contributed by atoms with van der Waals surface area (Å²) in [6, 6.07) is 14.5. The van der Waals surface area contributed by atoms with Crippen molar-refractivity contribution in [2.75, 3.05) is 0 Å². The normalized spacial score (nSPS) is 25.7. The fourth-order valence-corrected chi connectivity index (χ4v) is 2.79. The highest BCUT2D eigenvalue weighted by atomic mass is 35.5. The maximum absolute atomic E-state index is 6.24. The summed E-state index contributed by atoms with van der Waals surface area (Å²) in [6.45, 7) is 4.34. The molecule has 1 saturated carbocycles. The molecule has 0 N–H and O–H groups in total. The topological polar surface area (TPSA) is 9.23 Å². The quantitative estimate of drug-likeness (QED) is 0.716. The fraction of sp³-hybridized carbons (Fsp3) is 0.375. The number of ether oxygens (including phenoxy) is 1. The molecule has 2 aromatic rings. The van der Waals surface area contributed by atoms with Crippen LogP contribution in [0.2, 0.25) is 0 Å². The lowest BCUT2D eigenvalue weighted by molar-refractivity contribution is -0.0120. The van der Waals surface area contributed by atoms with E-state index in [9.17, 15) is 0 Å². The van der Waals surface area contributed by atoms with Gasteiger partial charge in [0.1, 0.15) is 11.9 Å². The minimum Gasteiger partial charge on any atom is -0.489 e. The van der Waals surface area contributed by atoms with Crippen LogP contribution in [0.3, 0.4) is 0 Å². The monoisotopic (exact) mass is 260 g/mol. The van der Waals surface area contributed by atoms with Crippen molar-refractivity contribution in [1.29, 1.82) is 0 Å². The number of rotatable bonds is 2. The van der Waals surface area contributed by atoms with Gasteiger partial charge < -0.3 is 4.74 Å². The van der Waals surface area contributed by atoms with Gasteiger partial charge in [0.2, 0.25) is 0 Å². The molecule has 2 atom stereocenters. The minimum atomic E-state index is 0.0541. The highest BCUT2D eigenvalue weighted by Crippen LogP contribution is 2.47. The molecule has 0 aromatic heterocycles. The molecule has 0 radical (unpaired) electrons. The van der Waals surface area contributed by atoms with E-state index in [2.05, 4.69) is 32.0 Å². The Morgan fingerprint density at radius 1 is 1.11 bits per heavy atom. The van der Waals surface area contributed by atoms with Crippen LogP contribution >= 0.6 is 11.6 Å². The van der Waals surface area contributed by atoms with E-state index in [0.717, 1.165) is 12.2 Å². The molecule has 1 aliphatic carbocycles. The van der Waals surface area contributed by atoms with Crippen LogP contribution in [0.15, 0.2) is 42.5 Å². The Hall–Kier alpha value is -1.21. The zero-order chi connectivity index (χ0) is 12.8. The number of hydrogen-bond donors (Lipinski definition) is 0. The first kappa shape index (κ1) is 11.9. The second kappa shape index (κ2) is 4.17. The summed E-state index contributed by atoms with van der Waals surface area (Å²) >= 11 is 6.24. The molecular weight excluding hydrogens is 244 g/mol. The number of hydrogen-bond acceptors (Lipinski definition) is 1. The van der Waals surface area contributed by atoms with Gasteiger partial charge in [-0.3, -0.25) is 0 Å². The molecule has 1 nitrogen and oxygen atoms in total. The van der Waals surface area contributed by atoms with Crippen molar-refractivity contribution in [2.24, 2.45) is 5.41 Å². The van der Waals surface area contributed by atoms with Crippen LogP contribution in [0.5, 0.6) is 5.75 Å². The second-order valence-electron chi connectivity index (χ2n) is 5.61. The molecule has 0 saturated heterocycles. The SMILES string of the molecule is CC1(C)C(Cl)CC1Oc1cccc2ccccc12. The summed E-state index contributed by atoms with van der Waals surface area (Å²) in [5, 5.41) is 2.61. The van der Waals surface area contributed by atoms with Gasteiger partial charge in [-0.1, -0.05) is 50.2 Å². The zero-order valence-electron chi connectivity index (χ0n) is 10.7. The van der Waals surface area contributed by atoms with E-state index in [0.29, 0.717) is 0 Å². The Morgan fingerprint density at radius 3 is 2.56 bits per heavy atom. The van der Waals surface area contributed by atoms with E-state index in [-0.39, 0.29) is 16.9 Å². The lowest BCUT2D eigenvalue weighted by Crippen LogP contribution is -2.53. The van der Waals surface area contributed by atoms with E-state index in [1.54, 1.807) is 0 Å². The van der Waals surface area contributed by atoms with E-state index in [1.165, 1.54) is 10.8 Å². The van der Waals surface area contributed by atoms with Crippen molar-refractivity contribution in [3.05, 3.63) is 42.5 Å². The van der Waals surface area contributed by atoms with Gasteiger partial charge in [-0.25, -0.2) is 0 Å². The van der Waals surface area contributed by atoms with Crippen molar-refractivity contribution in [3.63, 3.8) is 0 Å². The van der Waals surface area contributed by atoms with Crippen molar-refractivity contribution in [1.82, 2.24) is 0 Å². The lowest BCUT2D eigenvalue weighted by Gasteiger charge is -2.48. The summed E-state index contributed by atoms with van der Waals surface area (Å²) in [5.74, 6) is 0.967. The van der Waals surface area contributed by atoms with Gasteiger partial charge in [0, 0.05) is 22.6 Å². The highest BCUT2D eigenvalue weighted by molar-refractivity contribution is 6.21. The van der Waals surface area contributed by atoms with Gasteiger partial charge >= 0.3 is 0 Å². The largest absolute Gasteiger partial charge is 0.489 e. The summed E-state index contributed by atoms with van der Waals surface area (Å²) in [5.41, 5.74) is 0.0541. The number of halogens is 1. The third kappa shape index (κ3) is 1.78. The minimum absolute atomic E-state index is 0.0541. The van der Waals surface area contributed by atoms with E-state index in [1.807, 2.05) is 24.3 Å². The van der Waals surface area contributed by atoms with Crippen LogP contribution in [0, 0.1) is 5.41 Å². The molecule has 94 valence electrons. The molecule has 0 aliphatic heterocycles. The van der Waals surface area contributed by atoms with Crippen LogP contribution in [0.1, 0.15) is 20.3 Å². The van der Waals surface area contributed by atoms with Gasteiger partial charge in [-0.15, -0.1) is 11.6 Å². The molecule has 18 heavy (non-hydrogen) atoms. The van der Waals surface area contributed by atoms with Gasteiger partial charge in [0.15, 0.2) is 0 Å². The zero-order valence-corrected chi connectivity index (χ0v) is 11.4. The Morgan fingerprint density at radius 2 is 1.83 bits per heavy atom. The van der Waals surface area contributed by atoms with Gasteiger partial charge in [-0.05, 0) is 11.5 Å². The van der Waals surface area contributed by atoms with Gasteiger partial charge in [-0.2, -0.15) is 0 Å². The predicted molar refractivity (Wildman–Crippen MR) is 76.4 cm³/mol. The molecule has 0 bridgehead atoms. The fourth-order valence-electron chi connectivity index (χ4n) is 2.49. The molecule has 1 fully saturated rings. The van der Waals surface area contributed by atoms with Crippen LogP contribution in [0.4, 0.5) is 0 Å². The molecule has 0 heterocycles. The van der Waals surface area contributed by atoms with Crippen molar-refractivity contribution >= 4 is 22.4 Å². The average Bonchev–Trinajstić information content (AvgIpc) is 2.39. The van der Waals surface area contributed by atoms with Crippen molar-refractivity contribution in [2.45, 2.75) is 31.7 Å². The lowest BCUT2D eigenvalue weighted by atomic mass is 9.68. The Bertz CT molecular complexity index is 571. The number of alkyl halides is 1. The molecular formula is C16H17ClO. The first-order valence-electron chi connectivity index (χ1n) is 6.37. The van der Waals surface area contributed by atoms with Crippen molar-refractivity contribution < 1.29 is 4.74 Å². The molecule has 3 rings (SSSR count). The van der Waals surface area contributed by atoms with E-state index < -0.39 is 0 Å². The summed E-state index contributed by atoms with van der Waals surface area (Å²) in [7, 11) is 0. The first-order valence-corrected chi connectivity index (χ1v) is 6.81. The molecule has 2 aromatic carbocycles. The smallest absolute Gasteiger partial charge is 0.127 e.